The summed E-state index contributed by atoms with van der Waals surface area (Å²) < 4.78 is 0. The summed E-state index contributed by atoms with van der Waals surface area (Å²) in [5.41, 5.74) is 6.60. The lowest BCUT2D eigenvalue weighted by molar-refractivity contribution is 0.646. The molecule has 0 bridgehead atoms. The van der Waals surface area contributed by atoms with Gasteiger partial charge < -0.3 is 10.6 Å². The Balaban J connectivity index is 2.27. The number of nitrogens with two attached hydrogens (primary N) is 1. The smallest absolute Gasteiger partial charge is 0.138 e. The molecule has 3 nitrogen and oxygen atoms in total. The number of thiocarbonyl (C=S) groups is 1. The van der Waals surface area contributed by atoms with Crippen LogP contribution in [0, 0.1) is 0 Å². The molecule has 16 heavy (non-hydrogen) atoms. The summed E-state index contributed by atoms with van der Waals surface area (Å²) >= 11 is 5.05. The van der Waals surface area contributed by atoms with Gasteiger partial charge in [0.1, 0.15) is 10.8 Å². The fourth-order valence-electron chi connectivity index (χ4n) is 2.33. The predicted molar refractivity (Wildman–Crippen MR) is 70.8 cm³/mol. The highest BCUT2D eigenvalue weighted by Crippen LogP contribution is 2.27. The van der Waals surface area contributed by atoms with Crippen LogP contribution in [0.4, 0.5) is 5.82 Å². The average Bonchev–Trinajstić information content (AvgIpc) is 2.81. The highest BCUT2D eigenvalue weighted by Gasteiger charge is 2.22. The molecule has 2 rings (SSSR count). The van der Waals surface area contributed by atoms with E-state index in [4.69, 9.17) is 18.0 Å². The van der Waals surface area contributed by atoms with Gasteiger partial charge in [-0.1, -0.05) is 25.1 Å². The van der Waals surface area contributed by atoms with Crippen molar-refractivity contribution in [3.8, 4) is 0 Å². The van der Waals surface area contributed by atoms with Crippen molar-refractivity contribution in [2.45, 2.75) is 31.7 Å². The predicted octanol–water partition coefficient (Wildman–Crippen LogP) is 2.09. The zero-order valence-electron chi connectivity index (χ0n) is 9.52. The maximum atomic E-state index is 5.72. The summed E-state index contributed by atoms with van der Waals surface area (Å²) in [6, 6.07) is 4.40. The molecule has 1 aliphatic carbocycles. The monoisotopic (exact) mass is 235 g/mol. The first-order chi connectivity index (χ1) is 7.70. The van der Waals surface area contributed by atoms with Crippen LogP contribution in [0.15, 0.2) is 18.3 Å². The van der Waals surface area contributed by atoms with Crippen molar-refractivity contribution in [1.82, 2.24) is 4.98 Å². The minimum atomic E-state index is 0.424. The van der Waals surface area contributed by atoms with Crippen LogP contribution in [0.3, 0.4) is 0 Å². The van der Waals surface area contributed by atoms with Gasteiger partial charge >= 0.3 is 0 Å². The number of pyridine rings is 1. The SMILES string of the molecule is CN(c1ncccc1C(N)=S)C1CCCC1. The number of hydrogen-bond donors (Lipinski definition) is 1. The van der Waals surface area contributed by atoms with E-state index in [1.165, 1.54) is 25.7 Å². The summed E-state index contributed by atoms with van der Waals surface area (Å²) in [5, 5.41) is 0. The second-order valence-electron chi connectivity index (χ2n) is 4.29. The summed E-state index contributed by atoms with van der Waals surface area (Å²) in [4.78, 5) is 7.05. The standard InChI is InChI=1S/C12H17N3S/c1-15(9-5-2-3-6-9)12-10(11(13)16)7-4-8-14-12/h4,7-9H,2-3,5-6H2,1H3,(H2,13,16). The van der Waals surface area contributed by atoms with Crippen molar-refractivity contribution in [3.63, 3.8) is 0 Å². The highest BCUT2D eigenvalue weighted by molar-refractivity contribution is 7.80. The minimum Gasteiger partial charge on any atom is -0.389 e. The molecule has 0 spiro atoms. The third kappa shape index (κ3) is 2.16. The van der Waals surface area contributed by atoms with E-state index in [1.807, 2.05) is 12.1 Å². The van der Waals surface area contributed by atoms with E-state index < -0.39 is 0 Å². The van der Waals surface area contributed by atoms with Crippen molar-refractivity contribution >= 4 is 23.0 Å². The van der Waals surface area contributed by atoms with E-state index in [0.717, 1.165) is 11.4 Å². The first-order valence-electron chi connectivity index (χ1n) is 5.68. The molecule has 2 N–H and O–H groups in total. The van der Waals surface area contributed by atoms with E-state index in [2.05, 4.69) is 16.9 Å². The second kappa shape index (κ2) is 4.78. The fraction of sp³-hybridized carbons (Fsp3) is 0.500. The Morgan fingerprint density at radius 2 is 2.19 bits per heavy atom. The van der Waals surface area contributed by atoms with Gasteiger partial charge in [0.15, 0.2) is 0 Å². The van der Waals surface area contributed by atoms with Gasteiger partial charge in [-0.2, -0.15) is 0 Å². The normalized spacial score (nSPS) is 16.3. The van der Waals surface area contributed by atoms with E-state index in [0.29, 0.717) is 11.0 Å². The van der Waals surface area contributed by atoms with Gasteiger partial charge in [0, 0.05) is 19.3 Å². The summed E-state index contributed by atoms with van der Waals surface area (Å²) in [6.45, 7) is 0. The largest absolute Gasteiger partial charge is 0.389 e. The lowest BCUT2D eigenvalue weighted by Gasteiger charge is -2.27. The molecule has 1 saturated carbocycles. The first-order valence-corrected chi connectivity index (χ1v) is 6.08. The lowest BCUT2D eigenvalue weighted by Crippen LogP contribution is -2.31. The quantitative estimate of drug-likeness (QED) is 0.815. The third-order valence-electron chi connectivity index (χ3n) is 3.26. The van der Waals surface area contributed by atoms with E-state index in [-0.39, 0.29) is 0 Å². The summed E-state index contributed by atoms with van der Waals surface area (Å²) in [7, 11) is 2.08. The third-order valence-corrected chi connectivity index (χ3v) is 3.48. The van der Waals surface area contributed by atoms with Gasteiger partial charge in [-0.3, -0.25) is 0 Å². The van der Waals surface area contributed by atoms with Crippen LogP contribution in [-0.2, 0) is 0 Å². The summed E-state index contributed by atoms with van der Waals surface area (Å²) in [5.74, 6) is 0.918. The van der Waals surface area contributed by atoms with Crippen LogP contribution in [-0.4, -0.2) is 23.1 Å². The zero-order valence-corrected chi connectivity index (χ0v) is 10.3. The van der Waals surface area contributed by atoms with Crippen LogP contribution in [0.2, 0.25) is 0 Å². The van der Waals surface area contributed by atoms with Crippen LogP contribution in [0.5, 0.6) is 0 Å². The molecule has 1 fully saturated rings. The van der Waals surface area contributed by atoms with Crippen molar-refractivity contribution in [3.05, 3.63) is 23.9 Å². The molecule has 1 aliphatic rings. The molecule has 4 heteroatoms. The van der Waals surface area contributed by atoms with Crippen LogP contribution in [0.1, 0.15) is 31.2 Å². The van der Waals surface area contributed by atoms with Gasteiger partial charge in [0.2, 0.25) is 0 Å². The Morgan fingerprint density at radius 3 is 2.81 bits per heavy atom. The van der Waals surface area contributed by atoms with Crippen molar-refractivity contribution in [2.75, 3.05) is 11.9 Å². The fourth-order valence-corrected chi connectivity index (χ4v) is 2.49. The number of anilines is 1. The maximum absolute atomic E-state index is 5.72. The lowest BCUT2D eigenvalue weighted by atomic mass is 10.2. The minimum absolute atomic E-state index is 0.424. The van der Waals surface area contributed by atoms with Gasteiger partial charge in [0.25, 0.3) is 0 Å². The van der Waals surface area contributed by atoms with Crippen LogP contribution in [0.25, 0.3) is 0 Å². The van der Waals surface area contributed by atoms with Crippen LogP contribution >= 0.6 is 12.2 Å². The van der Waals surface area contributed by atoms with Crippen molar-refractivity contribution in [1.29, 1.82) is 0 Å². The number of hydrogen-bond acceptors (Lipinski definition) is 3. The molecule has 0 amide bonds. The molecule has 0 radical (unpaired) electrons. The Hall–Kier alpha value is -1.16. The molecular formula is C12H17N3S. The maximum Gasteiger partial charge on any atom is 0.138 e. The number of aromatic nitrogens is 1. The van der Waals surface area contributed by atoms with Gasteiger partial charge in [0.05, 0.1) is 5.56 Å². The Bertz CT molecular complexity index is 386. The Kier molecular flexibility index (Phi) is 3.39. The molecule has 86 valence electrons. The second-order valence-corrected chi connectivity index (χ2v) is 4.73. The van der Waals surface area contributed by atoms with Crippen LogP contribution < -0.4 is 10.6 Å². The van der Waals surface area contributed by atoms with Crippen molar-refractivity contribution in [2.24, 2.45) is 5.73 Å². The average molecular weight is 235 g/mol. The number of rotatable bonds is 3. The molecule has 0 unspecified atom stereocenters. The molecule has 1 aromatic heterocycles. The van der Waals surface area contributed by atoms with E-state index >= 15 is 0 Å². The van der Waals surface area contributed by atoms with Gasteiger partial charge in [-0.15, -0.1) is 0 Å². The summed E-state index contributed by atoms with van der Waals surface area (Å²) in [6.07, 6.45) is 6.89. The molecule has 0 atom stereocenters. The van der Waals surface area contributed by atoms with Gasteiger partial charge in [-0.25, -0.2) is 4.98 Å². The van der Waals surface area contributed by atoms with Crippen molar-refractivity contribution < 1.29 is 0 Å². The zero-order chi connectivity index (χ0) is 11.5. The van der Waals surface area contributed by atoms with Gasteiger partial charge in [-0.05, 0) is 25.0 Å². The molecule has 0 aliphatic heterocycles. The Morgan fingerprint density at radius 1 is 1.50 bits per heavy atom. The molecule has 1 aromatic rings. The molecule has 0 aromatic carbocycles. The number of nitrogens with zero attached hydrogens (tertiary/aromatic N) is 2. The topological polar surface area (TPSA) is 42.2 Å². The molecular weight excluding hydrogens is 218 g/mol. The Labute approximate surface area is 102 Å². The van der Waals surface area contributed by atoms with E-state index in [1.54, 1.807) is 6.20 Å². The molecule has 1 heterocycles. The highest BCUT2D eigenvalue weighted by atomic mass is 32.1. The first kappa shape index (κ1) is 11.3. The van der Waals surface area contributed by atoms with E-state index in [9.17, 15) is 0 Å². The molecule has 0 saturated heterocycles.